The number of rotatable bonds is 6. The molecule has 10 heteroatoms. The van der Waals surface area contributed by atoms with Crippen LogP contribution in [0, 0.1) is 0 Å². The van der Waals surface area contributed by atoms with Crippen LogP contribution in [0.2, 0.25) is 0 Å². The van der Waals surface area contributed by atoms with Crippen molar-refractivity contribution in [3.8, 4) is 11.5 Å². The van der Waals surface area contributed by atoms with Gasteiger partial charge in [-0.25, -0.2) is 9.97 Å². The third-order valence-electron chi connectivity index (χ3n) is 6.08. The van der Waals surface area contributed by atoms with Crippen LogP contribution in [0.5, 0.6) is 0 Å². The van der Waals surface area contributed by atoms with Crippen molar-refractivity contribution >= 4 is 33.3 Å². The Hall–Kier alpha value is -3.14. The summed E-state index contributed by atoms with van der Waals surface area (Å²) >= 11 is 1.44. The topological polar surface area (TPSA) is 100 Å². The van der Waals surface area contributed by atoms with Gasteiger partial charge in [0.1, 0.15) is 11.5 Å². The minimum Gasteiger partial charge on any atom is -0.350 e. The normalized spacial score (nSPS) is 15.7. The number of nitrogens with one attached hydrogen (secondary N) is 1. The Labute approximate surface area is 197 Å². The molecular weight excluding hydrogens is 436 g/mol. The minimum atomic E-state index is -0.138. The lowest BCUT2D eigenvalue weighted by atomic mass is 10.2. The van der Waals surface area contributed by atoms with Crippen molar-refractivity contribution in [3.05, 3.63) is 35.7 Å². The summed E-state index contributed by atoms with van der Waals surface area (Å²) in [5.41, 5.74) is 2.92. The van der Waals surface area contributed by atoms with Crippen LogP contribution in [-0.4, -0.2) is 57.7 Å². The van der Waals surface area contributed by atoms with E-state index in [1.54, 1.807) is 6.20 Å². The van der Waals surface area contributed by atoms with Gasteiger partial charge in [0, 0.05) is 37.6 Å². The van der Waals surface area contributed by atoms with Gasteiger partial charge in [-0.1, -0.05) is 30.2 Å². The van der Waals surface area contributed by atoms with Gasteiger partial charge in [0.25, 0.3) is 0 Å². The van der Waals surface area contributed by atoms with Crippen LogP contribution in [-0.2, 0) is 17.6 Å². The van der Waals surface area contributed by atoms with E-state index in [2.05, 4.69) is 25.4 Å². The zero-order valence-electron chi connectivity index (χ0n) is 18.8. The fourth-order valence-corrected chi connectivity index (χ4v) is 5.26. The lowest BCUT2D eigenvalue weighted by molar-refractivity contribution is -0.114. The van der Waals surface area contributed by atoms with Crippen molar-refractivity contribution in [2.75, 3.05) is 41.8 Å². The molecule has 1 amide bonds. The summed E-state index contributed by atoms with van der Waals surface area (Å²) in [5, 5.41) is 12.8. The molecule has 3 aromatic heterocycles. The van der Waals surface area contributed by atoms with E-state index in [0.717, 1.165) is 60.3 Å². The highest BCUT2D eigenvalue weighted by Crippen LogP contribution is 2.31. The number of fused-ring (bicyclic) bond motifs is 1. The van der Waals surface area contributed by atoms with Gasteiger partial charge < -0.3 is 9.80 Å². The second kappa shape index (κ2) is 9.78. The van der Waals surface area contributed by atoms with E-state index in [1.165, 1.54) is 37.0 Å². The molecule has 4 heterocycles. The first-order chi connectivity index (χ1) is 16.2. The molecule has 1 N–H and O–H groups in total. The van der Waals surface area contributed by atoms with Crippen molar-refractivity contribution in [1.29, 1.82) is 0 Å². The number of aromatic nitrogens is 5. The molecule has 0 unspecified atom stereocenters. The molecule has 1 fully saturated rings. The predicted octanol–water partition coefficient (Wildman–Crippen LogP) is 3.33. The Kier molecular flexibility index (Phi) is 6.43. The summed E-state index contributed by atoms with van der Waals surface area (Å²) in [7, 11) is 1.89. The molecule has 172 valence electrons. The zero-order valence-corrected chi connectivity index (χ0v) is 19.6. The van der Waals surface area contributed by atoms with Crippen molar-refractivity contribution in [2.45, 2.75) is 44.9 Å². The summed E-state index contributed by atoms with van der Waals surface area (Å²) < 4.78 is 0. The average Bonchev–Trinajstić information content (AvgIpc) is 3.41. The standard InChI is InChI=1S/C23H28N8OS/c1-30(15-19(32)26-22-28-29-23(33-22)31-13-6-2-3-7-14-31)21-16-9-8-11-17(16)25-20(27-21)18-10-4-5-12-24-18/h4-5,10,12H,2-3,6-9,11,13-15H2,1H3,(H,26,28,32). The van der Waals surface area contributed by atoms with Crippen LogP contribution in [0.15, 0.2) is 24.4 Å². The van der Waals surface area contributed by atoms with Crippen molar-refractivity contribution < 1.29 is 4.79 Å². The molecule has 1 aliphatic heterocycles. The van der Waals surface area contributed by atoms with Crippen LogP contribution in [0.1, 0.15) is 43.4 Å². The summed E-state index contributed by atoms with van der Waals surface area (Å²) in [6, 6.07) is 5.71. The number of nitrogens with zero attached hydrogens (tertiary/aromatic N) is 7. The van der Waals surface area contributed by atoms with Crippen LogP contribution in [0.3, 0.4) is 0 Å². The highest BCUT2D eigenvalue weighted by molar-refractivity contribution is 7.19. The molecule has 2 aliphatic rings. The Morgan fingerprint density at radius 1 is 1.09 bits per heavy atom. The first kappa shape index (κ1) is 21.7. The monoisotopic (exact) mass is 464 g/mol. The highest BCUT2D eigenvalue weighted by atomic mass is 32.1. The number of carbonyl (C=O) groups is 1. The number of hydrogen-bond acceptors (Lipinski definition) is 9. The number of hydrogen-bond donors (Lipinski definition) is 1. The van der Waals surface area contributed by atoms with Crippen LogP contribution in [0.4, 0.5) is 16.1 Å². The molecule has 33 heavy (non-hydrogen) atoms. The van der Waals surface area contributed by atoms with E-state index in [-0.39, 0.29) is 12.5 Å². The largest absolute Gasteiger partial charge is 0.350 e. The fourth-order valence-electron chi connectivity index (χ4n) is 4.44. The van der Waals surface area contributed by atoms with E-state index in [9.17, 15) is 4.79 Å². The maximum Gasteiger partial charge on any atom is 0.245 e. The Morgan fingerprint density at radius 2 is 1.94 bits per heavy atom. The van der Waals surface area contributed by atoms with E-state index < -0.39 is 0 Å². The van der Waals surface area contributed by atoms with Crippen molar-refractivity contribution in [3.63, 3.8) is 0 Å². The van der Waals surface area contributed by atoms with Gasteiger partial charge in [-0.3, -0.25) is 15.1 Å². The molecule has 0 radical (unpaired) electrons. The first-order valence-electron chi connectivity index (χ1n) is 11.6. The molecular formula is C23H28N8OS. The number of carbonyl (C=O) groups excluding carboxylic acids is 1. The number of anilines is 3. The SMILES string of the molecule is CN(CC(=O)Nc1nnc(N2CCCCCC2)s1)c1nc(-c2ccccn2)nc2c1CCC2. The van der Waals surface area contributed by atoms with E-state index in [4.69, 9.17) is 9.97 Å². The lowest BCUT2D eigenvalue weighted by Gasteiger charge is -2.21. The molecule has 0 bridgehead atoms. The van der Waals surface area contributed by atoms with E-state index in [0.29, 0.717) is 11.0 Å². The van der Waals surface area contributed by atoms with Crippen molar-refractivity contribution in [1.82, 2.24) is 25.1 Å². The molecule has 9 nitrogen and oxygen atoms in total. The van der Waals surface area contributed by atoms with Gasteiger partial charge in [0.15, 0.2) is 5.82 Å². The molecule has 0 aromatic carbocycles. The second-order valence-corrected chi connectivity index (χ2v) is 9.52. The van der Waals surface area contributed by atoms with Gasteiger partial charge in [0.05, 0.1) is 6.54 Å². The molecule has 1 aliphatic carbocycles. The summed E-state index contributed by atoms with van der Waals surface area (Å²) in [4.78, 5) is 30.9. The van der Waals surface area contributed by atoms with Gasteiger partial charge in [-0.15, -0.1) is 10.2 Å². The van der Waals surface area contributed by atoms with Gasteiger partial charge in [-0.05, 0) is 44.2 Å². The lowest BCUT2D eigenvalue weighted by Crippen LogP contribution is -2.31. The quantitative estimate of drug-likeness (QED) is 0.593. The van der Waals surface area contributed by atoms with E-state index in [1.807, 2.05) is 30.1 Å². The first-order valence-corrected chi connectivity index (χ1v) is 12.4. The van der Waals surface area contributed by atoms with Crippen LogP contribution >= 0.6 is 11.3 Å². The maximum atomic E-state index is 12.8. The third kappa shape index (κ3) is 4.95. The summed E-state index contributed by atoms with van der Waals surface area (Å²) in [6.45, 7) is 2.18. The molecule has 0 saturated carbocycles. The number of amides is 1. The van der Waals surface area contributed by atoms with Crippen molar-refractivity contribution in [2.24, 2.45) is 0 Å². The average molecular weight is 465 g/mol. The number of aryl methyl sites for hydroxylation is 1. The van der Waals surface area contributed by atoms with Gasteiger partial charge >= 0.3 is 0 Å². The number of pyridine rings is 1. The van der Waals surface area contributed by atoms with Gasteiger partial charge in [-0.2, -0.15) is 0 Å². The predicted molar refractivity (Wildman–Crippen MR) is 130 cm³/mol. The Balaban J connectivity index is 1.28. The second-order valence-electron chi connectivity index (χ2n) is 8.56. The molecule has 5 rings (SSSR count). The summed E-state index contributed by atoms with van der Waals surface area (Å²) in [5.74, 6) is 1.27. The zero-order chi connectivity index (χ0) is 22.6. The molecule has 0 spiro atoms. The van der Waals surface area contributed by atoms with Gasteiger partial charge in [0.2, 0.25) is 16.2 Å². The fraction of sp³-hybridized carbons (Fsp3) is 0.478. The Bertz CT molecular complexity index is 1110. The van der Waals surface area contributed by atoms with Crippen LogP contribution in [0.25, 0.3) is 11.5 Å². The third-order valence-corrected chi connectivity index (χ3v) is 6.98. The maximum absolute atomic E-state index is 12.8. The highest BCUT2D eigenvalue weighted by Gasteiger charge is 2.24. The Morgan fingerprint density at radius 3 is 2.73 bits per heavy atom. The summed E-state index contributed by atoms with van der Waals surface area (Å²) in [6.07, 6.45) is 9.52. The molecule has 3 aromatic rings. The minimum absolute atomic E-state index is 0.138. The number of likely N-dealkylation sites (N-methyl/N-ethyl adjacent to an activating group) is 1. The molecule has 0 atom stereocenters. The van der Waals surface area contributed by atoms with Crippen LogP contribution < -0.4 is 15.1 Å². The van der Waals surface area contributed by atoms with E-state index >= 15 is 0 Å². The molecule has 1 saturated heterocycles. The smallest absolute Gasteiger partial charge is 0.245 e.